The number of aryl methyl sites for hydroxylation is 4. The van der Waals surface area contributed by atoms with Gasteiger partial charge in [-0.15, -0.1) is 0 Å². The van der Waals surface area contributed by atoms with Crippen LogP contribution in [0.2, 0.25) is 0 Å². The summed E-state index contributed by atoms with van der Waals surface area (Å²) in [4.78, 5) is 12.6. The van der Waals surface area contributed by atoms with Crippen LogP contribution in [0.3, 0.4) is 0 Å². The van der Waals surface area contributed by atoms with Crippen molar-refractivity contribution in [2.75, 3.05) is 0 Å². The van der Waals surface area contributed by atoms with Gasteiger partial charge < -0.3 is 0 Å². The average molecular weight is 300 g/mol. The molecule has 0 unspecified atom stereocenters. The highest BCUT2D eigenvalue weighted by molar-refractivity contribution is 6.14. The van der Waals surface area contributed by atoms with E-state index in [2.05, 4.69) is 63.2 Å². The minimum absolute atomic E-state index is 0.292. The Labute approximate surface area is 137 Å². The minimum Gasteiger partial charge on any atom is -0.294 e. The highest BCUT2D eigenvalue weighted by Crippen LogP contribution is 2.41. The molecule has 0 aromatic heterocycles. The SMILES string of the molecule is Cc1cc(C)c(-c2c3c(cc4ccccc24)CCC3=O)c(C)c1. The lowest BCUT2D eigenvalue weighted by atomic mass is 9.85. The number of carbonyl (C=O) groups is 1. The maximum atomic E-state index is 12.6. The molecule has 3 aromatic carbocycles. The van der Waals surface area contributed by atoms with Crippen LogP contribution in [0.25, 0.3) is 21.9 Å². The van der Waals surface area contributed by atoms with E-state index >= 15 is 0 Å². The second-order valence-electron chi connectivity index (χ2n) is 6.70. The van der Waals surface area contributed by atoms with Crippen LogP contribution in [0, 0.1) is 20.8 Å². The van der Waals surface area contributed by atoms with E-state index in [0.29, 0.717) is 12.2 Å². The van der Waals surface area contributed by atoms with Gasteiger partial charge in [0.05, 0.1) is 0 Å². The molecule has 0 bridgehead atoms. The molecule has 114 valence electrons. The monoisotopic (exact) mass is 300 g/mol. The molecule has 4 rings (SSSR count). The number of hydrogen-bond acceptors (Lipinski definition) is 1. The summed E-state index contributed by atoms with van der Waals surface area (Å²) in [5, 5.41) is 2.42. The Kier molecular flexibility index (Phi) is 3.12. The van der Waals surface area contributed by atoms with Crippen LogP contribution in [0.15, 0.2) is 42.5 Å². The Morgan fingerprint density at radius 3 is 2.22 bits per heavy atom. The number of benzene rings is 3. The summed E-state index contributed by atoms with van der Waals surface area (Å²) in [6.07, 6.45) is 1.51. The number of carbonyl (C=O) groups excluding carboxylic acids is 1. The molecule has 23 heavy (non-hydrogen) atoms. The van der Waals surface area contributed by atoms with Gasteiger partial charge in [0.15, 0.2) is 5.78 Å². The molecule has 0 fully saturated rings. The van der Waals surface area contributed by atoms with Gasteiger partial charge in [0, 0.05) is 17.5 Å². The van der Waals surface area contributed by atoms with E-state index in [1.807, 2.05) is 0 Å². The Hall–Kier alpha value is -2.41. The fraction of sp³-hybridized carbons (Fsp3) is 0.227. The Balaban J connectivity index is 2.19. The summed E-state index contributed by atoms with van der Waals surface area (Å²) in [5.41, 5.74) is 8.32. The zero-order valence-electron chi connectivity index (χ0n) is 13.9. The van der Waals surface area contributed by atoms with Crippen molar-refractivity contribution in [2.45, 2.75) is 33.6 Å². The molecule has 0 amide bonds. The topological polar surface area (TPSA) is 17.1 Å². The van der Waals surface area contributed by atoms with Crippen LogP contribution in [0.1, 0.15) is 39.0 Å². The molecule has 0 heterocycles. The van der Waals surface area contributed by atoms with Crippen molar-refractivity contribution >= 4 is 16.6 Å². The summed E-state index contributed by atoms with van der Waals surface area (Å²) < 4.78 is 0. The lowest BCUT2D eigenvalue weighted by molar-refractivity contribution is 0.0995. The predicted molar refractivity (Wildman–Crippen MR) is 96.2 cm³/mol. The van der Waals surface area contributed by atoms with Crippen LogP contribution in [0.5, 0.6) is 0 Å². The van der Waals surface area contributed by atoms with E-state index in [9.17, 15) is 4.79 Å². The van der Waals surface area contributed by atoms with E-state index in [-0.39, 0.29) is 0 Å². The quantitative estimate of drug-likeness (QED) is 0.575. The summed E-state index contributed by atoms with van der Waals surface area (Å²) in [5.74, 6) is 0.292. The first-order valence-corrected chi connectivity index (χ1v) is 8.22. The molecule has 0 N–H and O–H groups in total. The van der Waals surface area contributed by atoms with E-state index in [1.165, 1.54) is 38.6 Å². The maximum absolute atomic E-state index is 12.6. The minimum atomic E-state index is 0.292. The van der Waals surface area contributed by atoms with Crippen molar-refractivity contribution in [3.63, 3.8) is 0 Å². The second kappa shape index (κ2) is 5.06. The zero-order valence-corrected chi connectivity index (χ0v) is 13.9. The van der Waals surface area contributed by atoms with Crippen molar-refractivity contribution in [3.05, 3.63) is 70.3 Å². The maximum Gasteiger partial charge on any atom is 0.164 e. The van der Waals surface area contributed by atoms with Crippen LogP contribution in [-0.4, -0.2) is 5.78 Å². The number of Topliss-reactive ketones (excluding diaryl/α,β-unsaturated/α-hetero) is 1. The second-order valence-corrected chi connectivity index (χ2v) is 6.70. The molecule has 3 aromatic rings. The van der Waals surface area contributed by atoms with Crippen LogP contribution in [-0.2, 0) is 6.42 Å². The van der Waals surface area contributed by atoms with Crippen molar-refractivity contribution in [2.24, 2.45) is 0 Å². The van der Waals surface area contributed by atoms with E-state index in [4.69, 9.17) is 0 Å². The molecule has 0 saturated heterocycles. The highest BCUT2D eigenvalue weighted by Gasteiger charge is 2.26. The van der Waals surface area contributed by atoms with Gasteiger partial charge in [-0.25, -0.2) is 0 Å². The van der Waals surface area contributed by atoms with E-state index in [0.717, 1.165) is 17.5 Å². The number of rotatable bonds is 1. The average Bonchev–Trinajstić information content (AvgIpc) is 2.86. The molecular formula is C22H20O. The summed E-state index contributed by atoms with van der Waals surface area (Å²) in [7, 11) is 0. The van der Waals surface area contributed by atoms with Gasteiger partial charge >= 0.3 is 0 Å². The predicted octanol–water partition coefficient (Wildman–Crippen LogP) is 5.56. The standard InChI is InChI=1S/C22H20O/c1-13-10-14(2)20(15(3)11-13)22-18-7-5-4-6-16(18)12-17-8-9-19(23)21(17)22/h4-7,10-12H,8-9H2,1-3H3. The summed E-state index contributed by atoms with van der Waals surface area (Å²) in [6.45, 7) is 6.44. The molecule has 0 aliphatic heterocycles. The molecule has 1 heteroatoms. The first-order valence-electron chi connectivity index (χ1n) is 8.22. The van der Waals surface area contributed by atoms with Gasteiger partial charge in [-0.1, -0.05) is 48.0 Å². The van der Waals surface area contributed by atoms with Gasteiger partial charge in [-0.3, -0.25) is 4.79 Å². The molecule has 0 saturated carbocycles. The van der Waals surface area contributed by atoms with Gasteiger partial charge in [0.1, 0.15) is 0 Å². The van der Waals surface area contributed by atoms with Crippen molar-refractivity contribution in [3.8, 4) is 11.1 Å². The van der Waals surface area contributed by atoms with Crippen LogP contribution >= 0.6 is 0 Å². The third kappa shape index (κ3) is 2.11. The first-order chi connectivity index (χ1) is 11.1. The van der Waals surface area contributed by atoms with Crippen molar-refractivity contribution in [1.29, 1.82) is 0 Å². The molecule has 0 atom stereocenters. The highest BCUT2D eigenvalue weighted by atomic mass is 16.1. The fourth-order valence-electron chi connectivity index (χ4n) is 4.13. The fourth-order valence-corrected chi connectivity index (χ4v) is 4.13. The zero-order chi connectivity index (χ0) is 16.1. The van der Waals surface area contributed by atoms with Crippen LogP contribution < -0.4 is 0 Å². The smallest absolute Gasteiger partial charge is 0.164 e. The largest absolute Gasteiger partial charge is 0.294 e. The van der Waals surface area contributed by atoms with Gasteiger partial charge in [-0.05, 0) is 60.2 Å². The van der Waals surface area contributed by atoms with E-state index in [1.54, 1.807) is 0 Å². The normalized spacial score (nSPS) is 13.6. The lowest BCUT2D eigenvalue weighted by Crippen LogP contribution is -2.00. The number of fused-ring (bicyclic) bond motifs is 2. The van der Waals surface area contributed by atoms with Gasteiger partial charge in [-0.2, -0.15) is 0 Å². The third-order valence-corrected chi connectivity index (χ3v) is 4.96. The Bertz CT molecular complexity index is 940. The molecule has 0 radical (unpaired) electrons. The third-order valence-electron chi connectivity index (χ3n) is 4.96. The van der Waals surface area contributed by atoms with Gasteiger partial charge in [0.25, 0.3) is 0 Å². The molecular weight excluding hydrogens is 280 g/mol. The summed E-state index contributed by atoms with van der Waals surface area (Å²) in [6, 6.07) is 15.1. The van der Waals surface area contributed by atoms with Crippen LogP contribution in [0.4, 0.5) is 0 Å². The first kappa shape index (κ1) is 14.2. The molecule has 1 aliphatic rings. The van der Waals surface area contributed by atoms with Crippen molar-refractivity contribution < 1.29 is 4.79 Å². The molecule has 1 aliphatic carbocycles. The molecule has 0 spiro atoms. The Morgan fingerprint density at radius 2 is 1.48 bits per heavy atom. The Morgan fingerprint density at radius 1 is 0.783 bits per heavy atom. The summed E-state index contributed by atoms with van der Waals surface area (Å²) >= 11 is 0. The number of ketones is 1. The molecule has 1 nitrogen and oxygen atoms in total. The van der Waals surface area contributed by atoms with Gasteiger partial charge in [0.2, 0.25) is 0 Å². The lowest BCUT2D eigenvalue weighted by Gasteiger charge is -2.18. The van der Waals surface area contributed by atoms with Crippen molar-refractivity contribution in [1.82, 2.24) is 0 Å². The van der Waals surface area contributed by atoms with E-state index < -0.39 is 0 Å². The number of hydrogen-bond donors (Lipinski definition) is 0.